The highest BCUT2D eigenvalue weighted by atomic mass is 35.5. The largest absolute Gasteiger partial charge is 0.397 e. The molecule has 8 heteroatoms. The molecule has 0 spiro atoms. The van der Waals surface area contributed by atoms with Crippen LogP contribution in [-0.4, -0.2) is 16.8 Å². The summed E-state index contributed by atoms with van der Waals surface area (Å²) >= 11 is 7.21. The molecule has 0 atom stereocenters. The minimum absolute atomic E-state index is 0.217. The van der Waals surface area contributed by atoms with Crippen molar-refractivity contribution < 1.29 is 9.59 Å². The number of hydrogen-bond acceptors (Lipinski definition) is 5. The van der Waals surface area contributed by atoms with Gasteiger partial charge in [-0.15, -0.1) is 11.3 Å². The Bertz CT molecular complexity index is 1390. The minimum atomic E-state index is -0.633. The van der Waals surface area contributed by atoms with E-state index in [-0.39, 0.29) is 16.5 Å². The number of pyridine rings is 1. The summed E-state index contributed by atoms with van der Waals surface area (Å²) in [4.78, 5) is 30.8. The number of carbonyl (C=O) groups excluding carboxylic acids is 2. The van der Waals surface area contributed by atoms with Crippen molar-refractivity contribution >= 4 is 56.3 Å². The van der Waals surface area contributed by atoms with E-state index in [1.807, 2.05) is 44.2 Å². The number of nitrogens with zero attached hydrogens (tertiary/aromatic N) is 1. The van der Waals surface area contributed by atoms with Crippen LogP contribution in [0.4, 0.5) is 11.4 Å². The van der Waals surface area contributed by atoms with Crippen LogP contribution in [0.1, 0.15) is 36.9 Å². The summed E-state index contributed by atoms with van der Waals surface area (Å²) < 4.78 is 0. The average molecular weight is 465 g/mol. The van der Waals surface area contributed by atoms with Crippen LogP contribution >= 0.6 is 22.9 Å². The van der Waals surface area contributed by atoms with Crippen molar-refractivity contribution in [2.24, 2.45) is 5.73 Å². The van der Waals surface area contributed by atoms with Crippen molar-refractivity contribution in [1.29, 1.82) is 0 Å². The molecular weight excluding hydrogens is 444 g/mol. The van der Waals surface area contributed by atoms with Crippen LogP contribution in [0.15, 0.2) is 42.5 Å². The Balaban J connectivity index is 1.98. The fourth-order valence-electron chi connectivity index (χ4n) is 3.77. The fraction of sp³-hybridized carbons (Fsp3) is 0.125. The molecule has 0 saturated carbocycles. The lowest BCUT2D eigenvalue weighted by atomic mass is 9.94. The second-order valence-corrected chi connectivity index (χ2v) is 9.05. The number of nitrogen functional groups attached to an aromatic ring is 1. The number of primary amides is 1. The Kier molecular flexibility index (Phi) is 5.62. The summed E-state index contributed by atoms with van der Waals surface area (Å²) in [5.74, 6) is -0.952. The van der Waals surface area contributed by atoms with Crippen molar-refractivity contribution in [2.45, 2.75) is 20.8 Å². The van der Waals surface area contributed by atoms with E-state index < -0.39 is 5.91 Å². The third-order valence-electron chi connectivity index (χ3n) is 5.27. The number of hydrogen-bond donors (Lipinski definition) is 3. The summed E-state index contributed by atoms with van der Waals surface area (Å²) in [5, 5.41) is 4.09. The molecule has 5 N–H and O–H groups in total. The van der Waals surface area contributed by atoms with E-state index in [0.717, 1.165) is 28.0 Å². The first-order valence-corrected chi connectivity index (χ1v) is 11.0. The lowest BCUT2D eigenvalue weighted by molar-refractivity contribution is 0.100. The third kappa shape index (κ3) is 3.81. The predicted octanol–water partition coefficient (Wildman–Crippen LogP) is 5.48. The Morgan fingerprint density at radius 2 is 1.75 bits per heavy atom. The number of amides is 2. The number of fused-ring (bicyclic) bond motifs is 1. The number of carbonyl (C=O) groups is 2. The molecule has 0 fully saturated rings. The number of anilines is 2. The van der Waals surface area contributed by atoms with Crippen LogP contribution < -0.4 is 16.8 Å². The van der Waals surface area contributed by atoms with Gasteiger partial charge in [0.2, 0.25) is 0 Å². The molecule has 6 nitrogen and oxygen atoms in total. The van der Waals surface area contributed by atoms with E-state index in [2.05, 4.69) is 10.3 Å². The maximum Gasteiger partial charge on any atom is 0.260 e. The Hall–Kier alpha value is -3.42. The van der Waals surface area contributed by atoms with Gasteiger partial charge in [-0.1, -0.05) is 41.4 Å². The van der Waals surface area contributed by atoms with Gasteiger partial charge in [-0.25, -0.2) is 4.98 Å². The average Bonchev–Trinajstić information content (AvgIpc) is 3.06. The van der Waals surface area contributed by atoms with Crippen LogP contribution in [-0.2, 0) is 0 Å². The molecule has 0 aliphatic heterocycles. The molecular formula is C24H21ClN4O2S. The summed E-state index contributed by atoms with van der Waals surface area (Å²) in [7, 11) is 0. The maximum absolute atomic E-state index is 13.5. The van der Waals surface area contributed by atoms with E-state index in [9.17, 15) is 9.59 Å². The van der Waals surface area contributed by atoms with Crippen LogP contribution in [0, 0.1) is 20.8 Å². The zero-order chi connectivity index (χ0) is 23.2. The minimum Gasteiger partial charge on any atom is -0.397 e. The molecule has 2 aromatic carbocycles. The topological polar surface area (TPSA) is 111 Å². The second-order valence-electron chi connectivity index (χ2n) is 7.62. The molecule has 0 aliphatic rings. The number of aromatic nitrogens is 1. The Morgan fingerprint density at radius 1 is 1.06 bits per heavy atom. The second kappa shape index (κ2) is 8.26. The number of rotatable bonds is 4. The highest BCUT2D eigenvalue weighted by Crippen LogP contribution is 2.42. The highest BCUT2D eigenvalue weighted by Gasteiger charge is 2.26. The van der Waals surface area contributed by atoms with Gasteiger partial charge in [0, 0.05) is 21.7 Å². The summed E-state index contributed by atoms with van der Waals surface area (Å²) in [6.45, 7) is 5.69. The molecule has 0 aliphatic carbocycles. The van der Waals surface area contributed by atoms with Crippen LogP contribution in [0.25, 0.3) is 21.3 Å². The molecule has 4 rings (SSSR count). The van der Waals surface area contributed by atoms with E-state index in [4.69, 9.17) is 23.1 Å². The molecule has 2 aromatic heterocycles. The zero-order valence-electron chi connectivity index (χ0n) is 17.7. The Morgan fingerprint density at radius 3 is 2.38 bits per heavy atom. The molecule has 0 saturated heterocycles. The molecule has 2 heterocycles. The number of aryl methyl sites for hydroxylation is 3. The van der Waals surface area contributed by atoms with Crippen molar-refractivity contribution in [3.05, 3.63) is 74.7 Å². The van der Waals surface area contributed by atoms with Gasteiger partial charge in [0.15, 0.2) is 0 Å². The number of halogens is 1. The van der Waals surface area contributed by atoms with Crippen LogP contribution in [0.2, 0.25) is 5.02 Å². The van der Waals surface area contributed by atoms with E-state index >= 15 is 0 Å². The van der Waals surface area contributed by atoms with Crippen molar-refractivity contribution in [2.75, 3.05) is 11.1 Å². The lowest BCUT2D eigenvalue weighted by Crippen LogP contribution is -2.17. The van der Waals surface area contributed by atoms with Gasteiger partial charge in [0.05, 0.1) is 16.9 Å². The number of nitrogens with one attached hydrogen (secondary N) is 1. The molecule has 2 amide bonds. The summed E-state index contributed by atoms with van der Waals surface area (Å²) in [5.41, 5.74) is 17.0. The first-order valence-electron chi connectivity index (χ1n) is 9.84. The first-order chi connectivity index (χ1) is 15.2. The standard InChI is InChI=1S/C24H21ClN4O2S/c1-11-4-9-16(12(2)10-11)29-23(31)17-13(3)28-24-19(20(26)21(32-24)22(27)30)18(17)14-5-7-15(25)8-6-14/h4-10H,26H2,1-3H3,(H2,27,30)(H,29,31). The zero-order valence-corrected chi connectivity index (χ0v) is 19.3. The predicted molar refractivity (Wildman–Crippen MR) is 132 cm³/mol. The molecule has 162 valence electrons. The van der Waals surface area contributed by atoms with Crippen molar-refractivity contribution in [3.63, 3.8) is 0 Å². The number of thiophene rings is 1. The van der Waals surface area contributed by atoms with E-state index in [1.54, 1.807) is 19.1 Å². The van der Waals surface area contributed by atoms with E-state index in [1.165, 1.54) is 0 Å². The van der Waals surface area contributed by atoms with Gasteiger partial charge in [-0.3, -0.25) is 9.59 Å². The fourth-order valence-corrected chi connectivity index (χ4v) is 4.90. The third-order valence-corrected chi connectivity index (χ3v) is 6.64. The van der Waals surface area contributed by atoms with Gasteiger partial charge in [0.1, 0.15) is 9.71 Å². The van der Waals surface area contributed by atoms with Crippen molar-refractivity contribution in [1.82, 2.24) is 4.98 Å². The quantitative estimate of drug-likeness (QED) is 0.371. The van der Waals surface area contributed by atoms with Crippen LogP contribution in [0.5, 0.6) is 0 Å². The van der Waals surface area contributed by atoms with Crippen LogP contribution in [0.3, 0.4) is 0 Å². The first kappa shape index (κ1) is 21.8. The smallest absolute Gasteiger partial charge is 0.260 e. The maximum atomic E-state index is 13.5. The normalized spacial score (nSPS) is 11.0. The number of nitrogens with two attached hydrogens (primary N) is 2. The van der Waals surface area contributed by atoms with E-state index in [0.29, 0.717) is 37.7 Å². The number of benzene rings is 2. The van der Waals surface area contributed by atoms with Gasteiger partial charge in [-0.05, 0) is 50.1 Å². The molecule has 0 bridgehead atoms. The summed E-state index contributed by atoms with van der Waals surface area (Å²) in [6.07, 6.45) is 0. The van der Waals surface area contributed by atoms with Gasteiger partial charge in [0.25, 0.3) is 11.8 Å². The molecule has 0 unspecified atom stereocenters. The van der Waals surface area contributed by atoms with Gasteiger partial charge < -0.3 is 16.8 Å². The van der Waals surface area contributed by atoms with Crippen molar-refractivity contribution in [3.8, 4) is 11.1 Å². The monoisotopic (exact) mass is 464 g/mol. The molecule has 32 heavy (non-hydrogen) atoms. The molecule has 4 aromatic rings. The Labute approximate surface area is 194 Å². The molecule has 0 radical (unpaired) electrons. The van der Waals surface area contributed by atoms with Gasteiger partial charge in [-0.2, -0.15) is 0 Å². The summed E-state index contributed by atoms with van der Waals surface area (Å²) in [6, 6.07) is 12.9. The highest BCUT2D eigenvalue weighted by molar-refractivity contribution is 7.21. The lowest BCUT2D eigenvalue weighted by Gasteiger charge is -2.16. The van der Waals surface area contributed by atoms with Gasteiger partial charge >= 0.3 is 0 Å². The SMILES string of the molecule is Cc1ccc(NC(=O)c2c(C)nc3sc(C(N)=O)c(N)c3c2-c2ccc(Cl)cc2)c(C)c1.